The second kappa shape index (κ2) is 9.68. The van der Waals surface area contributed by atoms with Crippen molar-refractivity contribution in [2.24, 2.45) is 5.92 Å². The summed E-state index contributed by atoms with van der Waals surface area (Å²) in [6, 6.07) is 9.56. The highest BCUT2D eigenvalue weighted by molar-refractivity contribution is 5.99. The van der Waals surface area contributed by atoms with Crippen LogP contribution >= 0.6 is 0 Å². The highest BCUT2D eigenvalue weighted by atomic mass is 16.5. The van der Waals surface area contributed by atoms with E-state index in [2.05, 4.69) is 15.8 Å². The fourth-order valence-electron chi connectivity index (χ4n) is 2.64. The van der Waals surface area contributed by atoms with Crippen molar-refractivity contribution in [1.82, 2.24) is 15.4 Å². The van der Waals surface area contributed by atoms with Crippen LogP contribution in [0.1, 0.15) is 36.4 Å². The monoisotopic (exact) mass is 386 g/mol. The number of aryl methyl sites for hydroxylation is 1. The molecule has 0 saturated heterocycles. The quantitative estimate of drug-likeness (QED) is 0.724. The first-order valence-corrected chi connectivity index (χ1v) is 9.15. The van der Waals surface area contributed by atoms with Gasteiger partial charge in [-0.3, -0.25) is 14.4 Å². The number of hydrogen-bond donors (Lipinski definition) is 2. The van der Waals surface area contributed by atoms with E-state index in [9.17, 15) is 14.4 Å². The van der Waals surface area contributed by atoms with Crippen molar-refractivity contribution in [3.63, 3.8) is 0 Å². The summed E-state index contributed by atoms with van der Waals surface area (Å²) >= 11 is 0. The molecule has 150 valence electrons. The van der Waals surface area contributed by atoms with Gasteiger partial charge in [0.1, 0.15) is 11.8 Å². The van der Waals surface area contributed by atoms with E-state index in [-0.39, 0.29) is 24.3 Å². The van der Waals surface area contributed by atoms with Gasteiger partial charge in [0.05, 0.1) is 6.54 Å². The van der Waals surface area contributed by atoms with Gasteiger partial charge in [-0.15, -0.1) is 0 Å². The molecule has 0 bridgehead atoms. The minimum atomic E-state index is -0.732. The molecule has 2 unspecified atom stereocenters. The normalized spacial score (nSPS) is 12.7. The Labute approximate surface area is 164 Å². The Bertz CT molecular complexity index is 819. The molecule has 0 saturated carbocycles. The number of hydrogen-bond acceptors (Lipinski definition) is 5. The second-order valence-electron chi connectivity index (χ2n) is 6.77. The van der Waals surface area contributed by atoms with Gasteiger partial charge in [0.25, 0.3) is 5.91 Å². The maximum Gasteiger partial charge on any atom is 0.251 e. The summed E-state index contributed by atoms with van der Waals surface area (Å²) in [6.07, 6.45) is 0.698. The second-order valence-corrected chi connectivity index (χ2v) is 6.77. The molecular weight excluding hydrogens is 360 g/mol. The van der Waals surface area contributed by atoms with E-state index in [4.69, 9.17) is 4.52 Å². The van der Waals surface area contributed by atoms with Gasteiger partial charge >= 0.3 is 0 Å². The van der Waals surface area contributed by atoms with Crippen LogP contribution in [-0.4, -0.2) is 47.4 Å². The van der Waals surface area contributed by atoms with Crippen molar-refractivity contribution in [1.29, 1.82) is 0 Å². The van der Waals surface area contributed by atoms with Crippen LogP contribution in [0.4, 0.5) is 5.82 Å². The number of nitrogens with one attached hydrogen (secondary N) is 2. The highest BCUT2D eigenvalue weighted by Crippen LogP contribution is 2.12. The minimum absolute atomic E-state index is 0.0936. The Morgan fingerprint density at radius 1 is 1.21 bits per heavy atom. The molecule has 3 amide bonds. The largest absolute Gasteiger partial charge is 0.360 e. The van der Waals surface area contributed by atoms with Crippen LogP contribution in [0.15, 0.2) is 40.9 Å². The first-order valence-electron chi connectivity index (χ1n) is 9.15. The SMILES string of the molecule is CCC(C)C(NC(=O)c1ccccc1)C(=O)N(C)CC(=O)Nc1cc(C)on1. The standard InChI is InChI=1S/C20H26N4O4/c1-5-13(2)18(22-19(26)15-9-7-6-8-10-15)20(27)24(4)12-17(25)21-16-11-14(3)28-23-16/h6-11,13,18H,5,12H2,1-4H3,(H,22,26)(H,21,23,25). The van der Waals surface area contributed by atoms with E-state index in [1.54, 1.807) is 37.3 Å². The van der Waals surface area contributed by atoms with Gasteiger partial charge in [0, 0.05) is 18.7 Å². The van der Waals surface area contributed by atoms with Gasteiger partial charge in [-0.25, -0.2) is 0 Å². The van der Waals surface area contributed by atoms with Crippen molar-refractivity contribution in [3.8, 4) is 0 Å². The van der Waals surface area contributed by atoms with E-state index in [1.807, 2.05) is 19.9 Å². The zero-order valence-electron chi connectivity index (χ0n) is 16.6. The molecule has 2 N–H and O–H groups in total. The number of likely N-dealkylation sites (N-methyl/N-ethyl adjacent to an activating group) is 1. The molecule has 0 spiro atoms. The summed E-state index contributed by atoms with van der Waals surface area (Å²) in [4.78, 5) is 38.9. The lowest BCUT2D eigenvalue weighted by Gasteiger charge is -2.28. The van der Waals surface area contributed by atoms with Crippen LogP contribution in [0, 0.1) is 12.8 Å². The molecule has 0 aliphatic carbocycles. The molecule has 8 nitrogen and oxygen atoms in total. The number of nitrogens with zero attached hydrogens (tertiary/aromatic N) is 2. The molecule has 0 aliphatic heterocycles. The lowest BCUT2D eigenvalue weighted by molar-refractivity contribution is -0.136. The predicted molar refractivity (Wildman–Crippen MR) is 105 cm³/mol. The molecule has 1 aromatic carbocycles. The Hall–Kier alpha value is -3.16. The lowest BCUT2D eigenvalue weighted by Crippen LogP contribution is -2.52. The van der Waals surface area contributed by atoms with Gasteiger partial charge < -0.3 is 20.1 Å². The number of benzene rings is 1. The Balaban J connectivity index is 2.02. The van der Waals surface area contributed by atoms with Gasteiger partial charge in [-0.1, -0.05) is 43.6 Å². The molecule has 2 aromatic rings. The molecule has 0 radical (unpaired) electrons. The number of amides is 3. The Kier molecular flexibility index (Phi) is 7.31. The molecule has 2 atom stereocenters. The lowest BCUT2D eigenvalue weighted by atomic mass is 9.97. The molecule has 1 aromatic heterocycles. The fraction of sp³-hybridized carbons (Fsp3) is 0.400. The summed E-state index contributed by atoms with van der Waals surface area (Å²) in [7, 11) is 1.53. The van der Waals surface area contributed by atoms with E-state index < -0.39 is 11.9 Å². The topological polar surface area (TPSA) is 105 Å². The summed E-state index contributed by atoms with van der Waals surface area (Å²) in [5, 5.41) is 9.06. The van der Waals surface area contributed by atoms with Crippen LogP contribution in [0.5, 0.6) is 0 Å². The predicted octanol–water partition coefficient (Wildman–Crippen LogP) is 2.22. The van der Waals surface area contributed by atoms with Gasteiger partial charge in [-0.2, -0.15) is 0 Å². The first kappa shape index (κ1) is 21.1. The molecule has 0 aliphatic rings. The summed E-state index contributed by atoms with van der Waals surface area (Å²) < 4.78 is 4.90. The number of aromatic nitrogens is 1. The minimum Gasteiger partial charge on any atom is -0.360 e. The summed E-state index contributed by atoms with van der Waals surface area (Å²) in [5.41, 5.74) is 0.477. The van der Waals surface area contributed by atoms with Gasteiger partial charge in [0.2, 0.25) is 11.8 Å². The number of rotatable bonds is 8. The molecular formula is C20H26N4O4. The van der Waals surface area contributed by atoms with Gasteiger partial charge in [0.15, 0.2) is 5.82 Å². The molecule has 28 heavy (non-hydrogen) atoms. The Morgan fingerprint density at radius 3 is 2.46 bits per heavy atom. The third-order valence-electron chi connectivity index (χ3n) is 4.45. The molecule has 0 fully saturated rings. The number of carbonyl (C=O) groups is 3. The smallest absolute Gasteiger partial charge is 0.251 e. The Morgan fingerprint density at radius 2 is 1.89 bits per heavy atom. The average Bonchev–Trinajstić information content (AvgIpc) is 3.09. The molecule has 8 heteroatoms. The third kappa shape index (κ3) is 5.67. The zero-order valence-corrected chi connectivity index (χ0v) is 16.6. The number of carbonyl (C=O) groups excluding carboxylic acids is 3. The third-order valence-corrected chi connectivity index (χ3v) is 4.45. The van der Waals surface area contributed by atoms with E-state index in [0.29, 0.717) is 23.6 Å². The van der Waals surface area contributed by atoms with Gasteiger partial charge in [-0.05, 0) is 25.0 Å². The van der Waals surface area contributed by atoms with Crippen molar-refractivity contribution in [3.05, 3.63) is 47.7 Å². The van der Waals surface area contributed by atoms with Crippen molar-refractivity contribution >= 4 is 23.5 Å². The zero-order chi connectivity index (χ0) is 20.7. The fourth-order valence-corrected chi connectivity index (χ4v) is 2.64. The average molecular weight is 386 g/mol. The van der Waals surface area contributed by atoms with Crippen molar-refractivity contribution in [2.45, 2.75) is 33.2 Å². The maximum atomic E-state index is 12.9. The summed E-state index contributed by atoms with van der Waals surface area (Å²) in [5.74, 6) is -0.287. The van der Waals surface area contributed by atoms with Crippen LogP contribution in [-0.2, 0) is 9.59 Å². The van der Waals surface area contributed by atoms with Crippen LogP contribution in [0.2, 0.25) is 0 Å². The molecule has 2 rings (SSSR count). The highest BCUT2D eigenvalue weighted by Gasteiger charge is 2.29. The van der Waals surface area contributed by atoms with Crippen LogP contribution < -0.4 is 10.6 Å². The summed E-state index contributed by atoms with van der Waals surface area (Å²) in [6.45, 7) is 5.38. The van der Waals surface area contributed by atoms with E-state index in [1.165, 1.54) is 11.9 Å². The van der Waals surface area contributed by atoms with Crippen molar-refractivity contribution < 1.29 is 18.9 Å². The van der Waals surface area contributed by atoms with Crippen LogP contribution in [0.3, 0.4) is 0 Å². The van der Waals surface area contributed by atoms with Crippen molar-refractivity contribution in [2.75, 3.05) is 18.9 Å². The van der Waals surface area contributed by atoms with E-state index in [0.717, 1.165) is 0 Å². The van der Waals surface area contributed by atoms with E-state index >= 15 is 0 Å². The maximum absolute atomic E-state index is 12.9. The molecule has 1 heterocycles. The van der Waals surface area contributed by atoms with Crippen LogP contribution in [0.25, 0.3) is 0 Å². The first-order chi connectivity index (χ1) is 13.3. The number of anilines is 1.